The van der Waals surface area contributed by atoms with Crippen molar-refractivity contribution < 1.29 is 4.79 Å². The number of hydrogen-bond acceptors (Lipinski definition) is 5. The van der Waals surface area contributed by atoms with E-state index in [9.17, 15) is 4.79 Å². The van der Waals surface area contributed by atoms with Crippen LogP contribution >= 0.6 is 0 Å². The lowest BCUT2D eigenvalue weighted by atomic mass is 10.1. The molecule has 3 heterocycles. The summed E-state index contributed by atoms with van der Waals surface area (Å²) in [7, 11) is 0. The Morgan fingerprint density at radius 3 is 3.09 bits per heavy atom. The maximum Gasteiger partial charge on any atom is 0.217 e. The Balaban J connectivity index is 1.73. The number of rotatable bonds is 5. The molecule has 1 saturated heterocycles. The van der Waals surface area contributed by atoms with Gasteiger partial charge in [-0.05, 0) is 26.3 Å². The zero-order valence-electron chi connectivity index (χ0n) is 13.5. The highest BCUT2D eigenvalue weighted by Crippen LogP contribution is 2.31. The van der Waals surface area contributed by atoms with Crippen LogP contribution in [-0.2, 0) is 17.9 Å². The van der Waals surface area contributed by atoms with Crippen LogP contribution in [0, 0.1) is 6.92 Å². The number of hydrogen-bond donors (Lipinski definition) is 2. The van der Waals surface area contributed by atoms with Crippen LogP contribution in [0.4, 0.5) is 0 Å². The lowest BCUT2D eigenvalue weighted by molar-refractivity contribution is -0.119. The third-order valence-corrected chi connectivity index (χ3v) is 4.21. The average molecular weight is 314 g/mol. The Morgan fingerprint density at radius 2 is 2.35 bits per heavy atom. The highest BCUT2D eigenvalue weighted by molar-refractivity contribution is 5.72. The summed E-state index contributed by atoms with van der Waals surface area (Å²) < 4.78 is 0. The van der Waals surface area contributed by atoms with Crippen LogP contribution in [-0.4, -0.2) is 37.3 Å². The van der Waals surface area contributed by atoms with Gasteiger partial charge >= 0.3 is 0 Å². The molecule has 23 heavy (non-hydrogen) atoms. The van der Waals surface area contributed by atoms with Crippen molar-refractivity contribution in [3.63, 3.8) is 0 Å². The molecule has 0 bridgehead atoms. The number of amides is 1. The lowest BCUT2D eigenvalue weighted by Gasteiger charge is -2.23. The SMILES string of the molecule is CC(=O)NCc1cncc([C@H]2CCCN2Cc2nc[nH]c2C)n1. The molecule has 0 aliphatic carbocycles. The molecule has 7 nitrogen and oxygen atoms in total. The van der Waals surface area contributed by atoms with Crippen molar-refractivity contribution in [2.24, 2.45) is 0 Å². The summed E-state index contributed by atoms with van der Waals surface area (Å²) >= 11 is 0. The van der Waals surface area contributed by atoms with E-state index in [1.165, 1.54) is 6.92 Å². The maximum atomic E-state index is 11.0. The van der Waals surface area contributed by atoms with Crippen molar-refractivity contribution in [2.75, 3.05) is 6.54 Å². The number of nitrogens with zero attached hydrogens (tertiary/aromatic N) is 4. The number of aromatic nitrogens is 4. The number of nitrogens with one attached hydrogen (secondary N) is 2. The van der Waals surface area contributed by atoms with E-state index in [-0.39, 0.29) is 11.9 Å². The quantitative estimate of drug-likeness (QED) is 0.873. The van der Waals surface area contributed by atoms with Gasteiger partial charge < -0.3 is 10.3 Å². The van der Waals surface area contributed by atoms with Crippen LogP contribution in [0.5, 0.6) is 0 Å². The Hall–Kier alpha value is -2.28. The van der Waals surface area contributed by atoms with Crippen molar-refractivity contribution in [2.45, 2.75) is 45.8 Å². The summed E-state index contributed by atoms with van der Waals surface area (Å²) in [5, 5.41) is 2.77. The Kier molecular flexibility index (Phi) is 4.66. The number of carbonyl (C=O) groups excluding carboxylic acids is 1. The van der Waals surface area contributed by atoms with Crippen molar-refractivity contribution in [3.8, 4) is 0 Å². The van der Waals surface area contributed by atoms with Gasteiger partial charge in [0, 0.05) is 19.2 Å². The Bertz CT molecular complexity index is 683. The zero-order valence-corrected chi connectivity index (χ0v) is 13.5. The lowest BCUT2D eigenvalue weighted by Crippen LogP contribution is -2.25. The molecule has 0 spiro atoms. The largest absolute Gasteiger partial charge is 0.351 e. The molecule has 0 aromatic carbocycles. The third-order valence-electron chi connectivity index (χ3n) is 4.21. The standard InChI is InChI=1S/C16H22N6O/c1-11-15(20-10-19-11)9-22-5-3-4-16(22)14-8-17-6-13(21-14)7-18-12(2)23/h6,8,10,16H,3-5,7,9H2,1-2H3,(H,18,23)(H,19,20)/t16-/m1/s1. The summed E-state index contributed by atoms with van der Waals surface area (Å²) in [6.45, 7) is 5.82. The summed E-state index contributed by atoms with van der Waals surface area (Å²) in [6, 6.07) is 0.260. The molecular formula is C16H22N6O. The van der Waals surface area contributed by atoms with Gasteiger partial charge in [-0.1, -0.05) is 0 Å². The number of aryl methyl sites for hydroxylation is 1. The summed E-state index contributed by atoms with van der Waals surface area (Å²) in [4.78, 5) is 29.9. The number of H-pyrrole nitrogens is 1. The third kappa shape index (κ3) is 3.73. The second-order valence-corrected chi connectivity index (χ2v) is 5.95. The first kappa shape index (κ1) is 15.6. The topological polar surface area (TPSA) is 86.8 Å². The molecule has 122 valence electrons. The van der Waals surface area contributed by atoms with E-state index in [1.807, 2.05) is 13.1 Å². The summed E-state index contributed by atoms with van der Waals surface area (Å²) in [6.07, 6.45) is 7.49. The van der Waals surface area contributed by atoms with Gasteiger partial charge in [0.25, 0.3) is 0 Å². The van der Waals surface area contributed by atoms with Crippen molar-refractivity contribution in [1.29, 1.82) is 0 Å². The summed E-state index contributed by atoms with van der Waals surface area (Å²) in [5.41, 5.74) is 3.96. The van der Waals surface area contributed by atoms with Crippen molar-refractivity contribution >= 4 is 5.91 Å². The molecular weight excluding hydrogens is 292 g/mol. The van der Waals surface area contributed by atoms with Crippen LogP contribution in [0.15, 0.2) is 18.7 Å². The van der Waals surface area contributed by atoms with Gasteiger partial charge in [0.15, 0.2) is 0 Å². The van der Waals surface area contributed by atoms with Gasteiger partial charge in [-0.15, -0.1) is 0 Å². The normalized spacial score (nSPS) is 18.3. The molecule has 1 aliphatic heterocycles. The number of likely N-dealkylation sites (tertiary alicyclic amines) is 1. The van der Waals surface area contributed by atoms with Gasteiger partial charge in [0.05, 0.1) is 48.4 Å². The highest BCUT2D eigenvalue weighted by atomic mass is 16.1. The van der Waals surface area contributed by atoms with Crippen LogP contribution < -0.4 is 5.32 Å². The minimum absolute atomic E-state index is 0.0614. The fraction of sp³-hybridized carbons (Fsp3) is 0.500. The molecule has 1 fully saturated rings. The molecule has 1 atom stereocenters. The first-order valence-corrected chi connectivity index (χ1v) is 7.91. The molecule has 1 amide bonds. The molecule has 0 unspecified atom stereocenters. The van der Waals surface area contributed by atoms with E-state index < -0.39 is 0 Å². The fourth-order valence-electron chi connectivity index (χ4n) is 2.97. The Labute approximate surface area is 135 Å². The zero-order chi connectivity index (χ0) is 16.2. The van der Waals surface area contributed by atoms with Crippen LogP contribution in [0.1, 0.15) is 48.6 Å². The van der Waals surface area contributed by atoms with Crippen molar-refractivity contribution in [3.05, 3.63) is 41.5 Å². The smallest absolute Gasteiger partial charge is 0.217 e. The first-order valence-electron chi connectivity index (χ1n) is 7.91. The molecule has 1 aliphatic rings. The first-order chi connectivity index (χ1) is 11.1. The second kappa shape index (κ2) is 6.87. The molecule has 7 heteroatoms. The van der Waals surface area contributed by atoms with Gasteiger partial charge in [0.2, 0.25) is 5.91 Å². The molecule has 3 rings (SSSR count). The number of aromatic amines is 1. The second-order valence-electron chi connectivity index (χ2n) is 5.95. The number of imidazole rings is 1. The van der Waals surface area contributed by atoms with E-state index in [4.69, 9.17) is 0 Å². The van der Waals surface area contributed by atoms with Gasteiger partial charge in [-0.2, -0.15) is 0 Å². The van der Waals surface area contributed by atoms with E-state index in [0.717, 1.165) is 48.7 Å². The minimum Gasteiger partial charge on any atom is -0.351 e. The fourth-order valence-corrected chi connectivity index (χ4v) is 2.97. The maximum absolute atomic E-state index is 11.0. The van der Waals surface area contributed by atoms with E-state index in [2.05, 4.69) is 30.2 Å². The predicted octanol–water partition coefficient (Wildman–Crippen LogP) is 1.48. The van der Waals surface area contributed by atoms with Crippen LogP contribution in [0.2, 0.25) is 0 Å². The molecule has 2 aromatic rings. The highest BCUT2D eigenvalue weighted by Gasteiger charge is 2.28. The summed E-state index contributed by atoms with van der Waals surface area (Å²) in [5.74, 6) is -0.0614. The van der Waals surface area contributed by atoms with E-state index >= 15 is 0 Å². The van der Waals surface area contributed by atoms with Gasteiger partial charge in [0.1, 0.15) is 0 Å². The molecule has 2 aromatic heterocycles. The molecule has 0 saturated carbocycles. The van der Waals surface area contributed by atoms with Crippen LogP contribution in [0.3, 0.4) is 0 Å². The predicted molar refractivity (Wildman–Crippen MR) is 85.3 cm³/mol. The average Bonchev–Trinajstić information content (AvgIpc) is 3.16. The molecule has 0 radical (unpaired) electrons. The van der Waals surface area contributed by atoms with Gasteiger partial charge in [-0.25, -0.2) is 4.98 Å². The van der Waals surface area contributed by atoms with E-state index in [0.29, 0.717) is 6.54 Å². The Morgan fingerprint density at radius 1 is 1.48 bits per heavy atom. The minimum atomic E-state index is -0.0614. The number of carbonyl (C=O) groups is 1. The van der Waals surface area contributed by atoms with E-state index in [1.54, 1.807) is 12.5 Å². The van der Waals surface area contributed by atoms with Crippen LogP contribution in [0.25, 0.3) is 0 Å². The van der Waals surface area contributed by atoms with Crippen molar-refractivity contribution in [1.82, 2.24) is 30.2 Å². The monoisotopic (exact) mass is 314 g/mol. The van der Waals surface area contributed by atoms with Gasteiger partial charge in [-0.3, -0.25) is 19.7 Å². The molecule has 2 N–H and O–H groups in total.